The highest BCUT2D eigenvalue weighted by molar-refractivity contribution is 6.30. The first-order valence-electron chi connectivity index (χ1n) is 12.1. The van der Waals surface area contributed by atoms with E-state index in [4.69, 9.17) is 20.9 Å². The van der Waals surface area contributed by atoms with Crippen molar-refractivity contribution in [3.63, 3.8) is 0 Å². The predicted octanol–water partition coefficient (Wildman–Crippen LogP) is 4.70. The van der Waals surface area contributed by atoms with E-state index in [1.807, 2.05) is 54.6 Å². The molecule has 1 fully saturated rings. The maximum absolute atomic E-state index is 14.4. The lowest BCUT2D eigenvalue weighted by Gasteiger charge is -2.46. The Hall–Kier alpha value is -2.25. The fourth-order valence-corrected chi connectivity index (χ4v) is 4.87. The molecular formula is C27H34ClN3O3. The van der Waals surface area contributed by atoms with E-state index in [1.54, 1.807) is 0 Å². The molecule has 0 aliphatic heterocycles. The van der Waals surface area contributed by atoms with Crippen molar-refractivity contribution < 1.29 is 18.8 Å². The second-order valence-corrected chi connectivity index (χ2v) is 10.4. The summed E-state index contributed by atoms with van der Waals surface area (Å²) < 4.78 is 12.1. The third-order valence-electron chi connectivity index (χ3n) is 6.76. The van der Waals surface area contributed by atoms with E-state index >= 15 is 0 Å². The Morgan fingerprint density at radius 1 is 1.06 bits per heavy atom. The highest BCUT2D eigenvalue weighted by Gasteiger charge is 2.37. The minimum absolute atomic E-state index is 0.0410. The van der Waals surface area contributed by atoms with Crippen LogP contribution >= 0.6 is 11.6 Å². The van der Waals surface area contributed by atoms with E-state index in [0.717, 1.165) is 42.8 Å². The number of benzene rings is 2. The molecule has 2 aromatic carbocycles. The molecule has 1 atom stereocenters. The lowest BCUT2D eigenvalue weighted by Crippen LogP contribution is -2.49. The largest absolute Gasteiger partial charge is 0.839 e. The maximum Gasteiger partial charge on any atom is 0.226 e. The number of nitrogens with zero attached hydrogens (tertiary/aromatic N) is 3. The first kappa shape index (κ1) is 24.9. The van der Waals surface area contributed by atoms with Crippen LogP contribution in [0.15, 0.2) is 59.1 Å². The summed E-state index contributed by atoms with van der Waals surface area (Å²) in [5, 5.41) is 19.3. The Labute approximate surface area is 207 Å². The van der Waals surface area contributed by atoms with Gasteiger partial charge in [0, 0.05) is 5.02 Å². The number of likely N-dealkylation sites (N-methyl/N-ethyl adjacent to an activating group) is 1. The molecule has 0 spiro atoms. The highest BCUT2D eigenvalue weighted by atomic mass is 35.5. The van der Waals surface area contributed by atoms with Crippen molar-refractivity contribution in [2.75, 3.05) is 27.2 Å². The summed E-state index contributed by atoms with van der Waals surface area (Å²) in [4.78, 5) is 4.64. The zero-order valence-electron chi connectivity index (χ0n) is 20.1. The Morgan fingerprint density at radius 3 is 2.47 bits per heavy atom. The van der Waals surface area contributed by atoms with Gasteiger partial charge in [-0.3, -0.25) is 0 Å². The standard InChI is InChI=1S/C27H34ClN3O3/c1-31(2,17-18-33-20-21-13-15-24(28)16-14-21)19-25-29-26(34-30-25)27(32,22-9-5-3-6-10-22)23-11-7-4-8-12-23/h3,5-6,9-10,13-16,23H,4,7-8,11-12,17-20H2,1-2H3. The minimum Gasteiger partial charge on any atom is -0.839 e. The van der Waals surface area contributed by atoms with Gasteiger partial charge in [0.2, 0.25) is 11.7 Å². The molecule has 34 heavy (non-hydrogen) atoms. The van der Waals surface area contributed by atoms with E-state index in [9.17, 15) is 5.11 Å². The van der Waals surface area contributed by atoms with Crippen LogP contribution < -0.4 is 5.11 Å². The van der Waals surface area contributed by atoms with Gasteiger partial charge in [0.15, 0.2) is 0 Å². The van der Waals surface area contributed by atoms with Crippen LogP contribution in [0.1, 0.15) is 54.9 Å². The van der Waals surface area contributed by atoms with Gasteiger partial charge in [0.1, 0.15) is 13.1 Å². The number of quaternary nitrogens is 1. The van der Waals surface area contributed by atoms with Crippen LogP contribution in [0.25, 0.3) is 0 Å². The molecule has 182 valence electrons. The third-order valence-corrected chi connectivity index (χ3v) is 7.01. The Bertz CT molecular complexity index is 1030. The van der Waals surface area contributed by atoms with Crippen molar-refractivity contribution in [3.8, 4) is 0 Å². The molecule has 0 bridgehead atoms. The summed E-state index contributed by atoms with van der Waals surface area (Å²) in [6, 6.07) is 17.2. The van der Waals surface area contributed by atoms with E-state index in [1.165, 1.54) is 6.42 Å². The Morgan fingerprint density at radius 2 is 1.76 bits per heavy atom. The number of ether oxygens (including phenoxy) is 1. The molecule has 1 unspecified atom stereocenters. The Balaban J connectivity index is 1.40. The van der Waals surface area contributed by atoms with E-state index in [2.05, 4.69) is 24.2 Å². The molecule has 1 aromatic heterocycles. The molecule has 1 heterocycles. The van der Waals surface area contributed by atoms with Crippen molar-refractivity contribution in [2.24, 2.45) is 5.92 Å². The van der Waals surface area contributed by atoms with Gasteiger partial charge in [-0.15, -0.1) is 0 Å². The van der Waals surface area contributed by atoms with Crippen LogP contribution in [-0.4, -0.2) is 41.9 Å². The van der Waals surface area contributed by atoms with Gasteiger partial charge in [0.05, 0.1) is 27.3 Å². The van der Waals surface area contributed by atoms with Crippen molar-refractivity contribution in [3.05, 3.63) is 82.5 Å². The number of aromatic nitrogens is 2. The van der Waals surface area contributed by atoms with E-state index in [-0.39, 0.29) is 11.8 Å². The average Bonchev–Trinajstić information content (AvgIpc) is 3.32. The summed E-state index contributed by atoms with van der Waals surface area (Å²) in [6.45, 7) is 2.48. The normalized spacial score (nSPS) is 16.9. The first-order chi connectivity index (χ1) is 16.4. The summed E-state index contributed by atoms with van der Waals surface area (Å²) in [7, 11) is 4.20. The lowest BCUT2D eigenvalue weighted by molar-refractivity contribution is -0.904. The van der Waals surface area contributed by atoms with Crippen LogP contribution in [0, 0.1) is 5.92 Å². The van der Waals surface area contributed by atoms with Gasteiger partial charge >= 0.3 is 0 Å². The monoisotopic (exact) mass is 483 g/mol. The topological polar surface area (TPSA) is 71.2 Å². The number of rotatable bonds is 10. The second-order valence-electron chi connectivity index (χ2n) is 9.95. The first-order valence-corrected chi connectivity index (χ1v) is 12.5. The molecule has 0 N–H and O–H groups in total. The SMILES string of the molecule is C[N+](C)(CCOCc1ccc(Cl)cc1)Cc1noc(C([O-])(c2ccccc2)C2CCCCC2)n1. The van der Waals surface area contributed by atoms with Crippen LogP contribution in [0.5, 0.6) is 0 Å². The van der Waals surface area contributed by atoms with Gasteiger partial charge < -0.3 is 18.8 Å². The number of halogens is 1. The fraction of sp³-hybridized carbons (Fsp3) is 0.481. The van der Waals surface area contributed by atoms with Crippen LogP contribution in [0.4, 0.5) is 0 Å². The minimum atomic E-state index is -1.51. The zero-order valence-corrected chi connectivity index (χ0v) is 20.8. The molecule has 3 aromatic rings. The van der Waals surface area contributed by atoms with E-state index < -0.39 is 5.60 Å². The zero-order chi connectivity index (χ0) is 24.0. The molecular weight excluding hydrogens is 450 g/mol. The molecule has 6 nitrogen and oxygen atoms in total. The highest BCUT2D eigenvalue weighted by Crippen LogP contribution is 2.41. The van der Waals surface area contributed by atoms with Crippen molar-refractivity contribution >= 4 is 11.6 Å². The number of hydrogen-bond acceptors (Lipinski definition) is 5. The van der Waals surface area contributed by atoms with Gasteiger partial charge in [-0.2, -0.15) is 4.98 Å². The van der Waals surface area contributed by atoms with Crippen LogP contribution in [0.3, 0.4) is 0 Å². The molecule has 4 rings (SSSR count). The summed E-state index contributed by atoms with van der Waals surface area (Å²) >= 11 is 5.94. The van der Waals surface area contributed by atoms with Gasteiger partial charge in [0.25, 0.3) is 0 Å². The van der Waals surface area contributed by atoms with Gasteiger partial charge in [-0.1, -0.05) is 91.3 Å². The predicted molar refractivity (Wildman–Crippen MR) is 130 cm³/mol. The molecule has 0 radical (unpaired) electrons. The molecule has 7 heteroatoms. The van der Waals surface area contributed by atoms with Crippen LogP contribution in [-0.2, 0) is 23.5 Å². The molecule has 1 aliphatic carbocycles. The van der Waals surface area contributed by atoms with Crippen LogP contribution in [0.2, 0.25) is 5.02 Å². The smallest absolute Gasteiger partial charge is 0.226 e. The lowest BCUT2D eigenvalue weighted by atomic mass is 9.73. The van der Waals surface area contributed by atoms with Crippen molar-refractivity contribution in [1.29, 1.82) is 0 Å². The van der Waals surface area contributed by atoms with E-state index in [0.29, 0.717) is 35.6 Å². The fourth-order valence-electron chi connectivity index (χ4n) is 4.74. The maximum atomic E-state index is 14.4. The van der Waals surface area contributed by atoms with Gasteiger partial charge in [-0.25, -0.2) is 0 Å². The molecule has 1 saturated carbocycles. The summed E-state index contributed by atoms with van der Waals surface area (Å²) in [5.74, 6) is 0.713. The molecule has 0 saturated heterocycles. The quantitative estimate of drug-likeness (QED) is 0.309. The Kier molecular flexibility index (Phi) is 8.04. The third kappa shape index (κ3) is 6.05. The van der Waals surface area contributed by atoms with Crippen molar-refractivity contribution in [1.82, 2.24) is 10.1 Å². The average molecular weight is 484 g/mol. The second kappa shape index (κ2) is 11.0. The molecule has 1 aliphatic rings. The summed E-state index contributed by atoms with van der Waals surface area (Å²) in [5.41, 5.74) is 0.292. The van der Waals surface area contributed by atoms with Gasteiger partial charge in [-0.05, 0) is 34.8 Å². The summed E-state index contributed by atoms with van der Waals surface area (Å²) in [6.07, 6.45) is 5.11. The molecule has 0 amide bonds. The van der Waals surface area contributed by atoms with Crippen molar-refractivity contribution in [2.45, 2.75) is 50.9 Å². The number of hydrogen-bond donors (Lipinski definition) is 0.